The maximum atomic E-state index is 13.8. The zero-order chi connectivity index (χ0) is 15.0. The molecule has 4 heteroatoms. The fourth-order valence-electron chi connectivity index (χ4n) is 2.64. The van der Waals surface area contributed by atoms with E-state index in [9.17, 15) is 4.39 Å². The third-order valence-electron chi connectivity index (χ3n) is 4.16. The number of nitrogen functional groups attached to an aromatic ring is 1. The van der Waals surface area contributed by atoms with Gasteiger partial charge in [-0.1, -0.05) is 25.5 Å². The molecule has 3 nitrogen and oxygen atoms in total. The van der Waals surface area contributed by atoms with Gasteiger partial charge in [-0.15, -0.1) is 0 Å². The van der Waals surface area contributed by atoms with E-state index < -0.39 is 0 Å². The summed E-state index contributed by atoms with van der Waals surface area (Å²) in [5.74, 6) is 2.08. The lowest BCUT2D eigenvalue weighted by Gasteiger charge is -2.08. The number of anilines is 1. The monoisotopic (exact) mass is 287 g/mol. The van der Waals surface area contributed by atoms with Crippen LogP contribution in [0.2, 0.25) is 0 Å². The molecule has 0 bridgehead atoms. The molecular formula is C17H22FN3. The fourth-order valence-corrected chi connectivity index (χ4v) is 2.64. The van der Waals surface area contributed by atoms with Gasteiger partial charge in [-0.05, 0) is 37.8 Å². The van der Waals surface area contributed by atoms with Crippen LogP contribution in [-0.2, 0) is 6.54 Å². The molecular weight excluding hydrogens is 265 g/mol. The lowest BCUT2D eigenvalue weighted by Crippen LogP contribution is -2.06. The first-order chi connectivity index (χ1) is 10.1. The van der Waals surface area contributed by atoms with E-state index in [1.165, 1.54) is 18.9 Å². The van der Waals surface area contributed by atoms with Crippen LogP contribution in [0.25, 0.3) is 11.3 Å². The Bertz CT molecular complexity index is 656. The molecule has 0 radical (unpaired) electrons. The molecule has 3 rings (SSSR count). The molecule has 21 heavy (non-hydrogen) atoms. The standard InChI is InChI=1S/C17H22FN3/c1-3-4-9-21-16(19)15(20-17(21)12-7-8-12)13-6-5-11(2)14(18)10-13/h5-6,10,12H,3-4,7-9,19H2,1-2H3. The van der Waals surface area contributed by atoms with Crippen molar-refractivity contribution in [3.8, 4) is 11.3 Å². The lowest BCUT2D eigenvalue weighted by molar-refractivity contribution is 0.609. The number of hydrogen-bond acceptors (Lipinski definition) is 2. The Kier molecular flexibility index (Phi) is 3.70. The van der Waals surface area contributed by atoms with Crippen molar-refractivity contribution in [1.29, 1.82) is 0 Å². The summed E-state index contributed by atoms with van der Waals surface area (Å²) in [6.45, 7) is 4.83. The number of aromatic nitrogens is 2. The van der Waals surface area contributed by atoms with Gasteiger partial charge in [0.15, 0.2) is 0 Å². The van der Waals surface area contributed by atoms with Crippen LogP contribution < -0.4 is 5.73 Å². The molecule has 0 amide bonds. The number of nitrogens with two attached hydrogens (primary N) is 1. The second-order valence-electron chi connectivity index (χ2n) is 5.95. The summed E-state index contributed by atoms with van der Waals surface area (Å²) in [5.41, 5.74) is 8.45. The molecule has 112 valence electrons. The van der Waals surface area contributed by atoms with Crippen molar-refractivity contribution in [3.63, 3.8) is 0 Å². The molecule has 0 atom stereocenters. The van der Waals surface area contributed by atoms with Crippen LogP contribution >= 0.6 is 0 Å². The van der Waals surface area contributed by atoms with Crippen molar-refractivity contribution in [2.24, 2.45) is 0 Å². The maximum Gasteiger partial charge on any atom is 0.131 e. The van der Waals surface area contributed by atoms with E-state index in [4.69, 9.17) is 10.7 Å². The summed E-state index contributed by atoms with van der Waals surface area (Å²) in [6, 6.07) is 5.22. The van der Waals surface area contributed by atoms with E-state index in [1.807, 2.05) is 6.07 Å². The van der Waals surface area contributed by atoms with Gasteiger partial charge in [-0.25, -0.2) is 9.37 Å². The minimum absolute atomic E-state index is 0.206. The molecule has 1 aliphatic rings. The highest BCUT2D eigenvalue weighted by Crippen LogP contribution is 2.42. The minimum atomic E-state index is -0.206. The Morgan fingerprint density at radius 1 is 1.38 bits per heavy atom. The predicted octanol–water partition coefficient (Wildman–Crippen LogP) is 4.26. The molecule has 2 aromatic rings. The van der Waals surface area contributed by atoms with Gasteiger partial charge in [-0.3, -0.25) is 0 Å². The summed E-state index contributed by atoms with van der Waals surface area (Å²) in [5, 5.41) is 0. The molecule has 1 aromatic heterocycles. The average molecular weight is 287 g/mol. The summed E-state index contributed by atoms with van der Waals surface area (Å²) >= 11 is 0. The van der Waals surface area contributed by atoms with Gasteiger partial charge in [0.2, 0.25) is 0 Å². The van der Waals surface area contributed by atoms with Gasteiger partial charge in [0.05, 0.1) is 0 Å². The Balaban J connectivity index is 2.03. The van der Waals surface area contributed by atoms with E-state index in [0.29, 0.717) is 17.3 Å². The van der Waals surface area contributed by atoms with Crippen molar-refractivity contribution >= 4 is 5.82 Å². The molecule has 0 saturated heterocycles. The SMILES string of the molecule is CCCCn1c(C2CC2)nc(-c2ccc(C)c(F)c2)c1N. The number of unbranched alkanes of at least 4 members (excludes halogenated alkanes) is 1. The van der Waals surface area contributed by atoms with Crippen LogP contribution in [0.15, 0.2) is 18.2 Å². The molecule has 1 saturated carbocycles. The van der Waals surface area contributed by atoms with Gasteiger partial charge >= 0.3 is 0 Å². The average Bonchev–Trinajstić information content (AvgIpc) is 3.25. The maximum absolute atomic E-state index is 13.8. The summed E-state index contributed by atoms with van der Waals surface area (Å²) < 4.78 is 15.9. The molecule has 2 N–H and O–H groups in total. The minimum Gasteiger partial charge on any atom is -0.383 e. The highest BCUT2D eigenvalue weighted by molar-refractivity contribution is 5.71. The van der Waals surface area contributed by atoms with Gasteiger partial charge < -0.3 is 10.3 Å². The Labute approximate surface area is 125 Å². The topological polar surface area (TPSA) is 43.8 Å². The van der Waals surface area contributed by atoms with E-state index in [1.54, 1.807) is 13.0 Å². The zero-order valence-electron chi connectivity index (χ0n) is 12.7. The van der Waals surface area contributed by atoms with Gasteiger partial charge in [0.25, 0.3) is 0 Å². The number of nitrogens with zero attached hydrogens (tertiary/aromatic N) is 2. The third-order valence-corrected chi connectivity index (χ3v) is 4.16. The van der Waals surface area contributed by atoms with E-state index in [2.05, 4.69) is 11.5 Å². The van der Waals surface area contributed by atoms with Crippen molar-refractivity contribution in [3.05, 3.63) is 35.4 Å². The Morgan fingerprint density at radius 2 is 2.14 bits per heavy atom. The van der Waals surface area contributed by atoms with E-state index >= 15 is 0 Å². The number of imidazole rings is 1. The number of halogens is 1. The molecule has 1 fully saturated rings. The lowest BCUT2D eigenvalue weighted by atomic mass is 10.1. The van der Waals surface area contributed by atoms with Gasteiger partial charge in [0.1, 0.15) is 23.2 Å². The predicted molar refractivity (Wildman–Crippen MR) is 83.7 cm³/mol. The molecule has 0 aliphatic heterocycles. The Morgan fingerprint density at radius 3 is 2.76 bits per heavy atom. The second-order valence-corrected chi connectivity index (χ2v) is 5.95. The van der Waals surface area contributed by atoms with Crippen LogP contribution in [0.4, 0.5) is 10.2 Å². The summed E-state index contributed by atoms with van der Waals surface area (Å²) in [6.07, 6.45) is 4.58. The molecule has 1 heterocycles. The Hall–Kier alpha value is -1.84. The van der Waals surface area contributed by atoms with Gasteiger partial charge in [-0.2, -0.15) is 0 Å². The number of benzene rings is 1. The highest BCUT2D eigenvalue weighted by Gasteiger charge is 2.30. The van der Waals surface area contributed by atoms with E-state index in [0.717, 1.165) is 36.5 Å². The van der Waals surface area contributed by atoms with Gasteiger partial charge in [0, 0.05) is 18.0 Å². The normalized spacial score (nSPS) is 14.6. The van der Waals surface area contributed by atoms with Crippen LogP contribution in [0.1, 0.15) is 49.9 Å². The highest BCUT2D eigenvalue weighted by atomic mass is 19.1. The fraction of sp³-hybridized carbons (Fsp3) is 0.471. The number of hydrogen-bond donors (Lipinski definition) is 1. The first-order valence-electron chi connectivity index (χ1n) is 7.74. The molecule has 0 spiro atoms. The summed E-state index contributed by atoms with van der Waals surface area (Å²) in [4.78, 5) is 4.74. The molecule has 0 unspecified atom stereocenters. The van der Waals surface area contributed by atoms with Crippen LogP contribution in [0.3, 0.4) is 0 Å². The van der Waals surface area contributed by atoms with Crippen LogP contribution in [0, 0.1) is 12.7 Å². The smallest absolute Gasteiger partial charge is 0.131 e. The quantitative estimate of drug-likeness (QED) is 0.893. The van der Waals surface area contributed by atoms with Crippen molar-refractivity contribution in [2.75, 3.05) is 5.73 Å². The first kappa shape index (κ1) is 14.1. The van der Waals surface area contributed by atoms with Crippen LogP contribution in [-0.4, -0.2) is 9.55 Å². The third kappa shape index (κ3) is 2.67. The van der Waals surface area contributed by atoms with E-state index in [-0.39, 0.29) is 5.82 Å². The molecule has 1 aromatic carbocycles. The second kappa shape index (κ2) is 5.51. The number of rotatable bonds is 5. The van der Waals surface area contributed by atoms with Crippen molar-refractivity contribution in [2.45, 2.75) is 52.0 Å². The van der Waals surface area contributed by atoms with Crippen molar-refractivity contribution in [1.82, 2.24) is 9.55 Å². The first-order valence-corrected chi connectivity index (χ1v) is 7.74. The number of aryl methyl sites for hydroxylation is 1. The summed E-state index contributed by atoms with van der Waals surface area (Å²) in [7, 11) is 0. The van der Waals surface area contributed by atoms with Crippen molar-refractivity contribution < 1.29 is 4.39 Å². The van der Waals surface area contributed by atoms with Crippen LogP contribution in [0.5, 0.6) is 0 Å². The largest absolute Gasteiger partial charge is 0.383 e. The zero-order valence-corrected chi connectivity index (χ0v) is 12.7. The molecule has 1 aliphatic carbocycles.